The van der Waals surface area contributed by atoms with Crippen molar-refractivity contribution in [3.63, 3.8) is 0 Å². The van der Waals surface area contributed by atoms with E-state index < -0.39 is 5.92 Å². The molecule has 1 aliphatic rings. The second-order valence-corrected chi connectivity index (χ2v) is 9.76. The van der Waals surface area contributed by atoms with E-state index in [0.717, 1.165) is 22.4 Å². The zero-order valence-electron chi connectivity index (χ0n) is 20.6. The molecule has 0 fully saturated rings. The average Bonchev–Trinajstić information content (AvgIpc) is 3.39. The Bertz CT molecular complexity index is 1390. The predicted octanol–water partition coefficient (Wildman–Crippen LogP) is 6.16. The summed E-state index contributed by atoms with van der Waals surface area (Å²) in [7, 11) is 0. The molecule has 0 radical (unpaired) electrons. The first-order valence-corrected chi connectivity index (χ1v) is 12.5. The number of carbonyl (C=O) groups is 2. The number of hydrogen-bond donors (Lipinski definition) is 2. The van der Waals surface area contributed by atoms with E-state index in [1.807, 2.05) is 51.1 Å². The molecule has 182 valence electrons. The number of Topliss-reactive ketones (excluding diaryl/α,β-unsaturated/α-hetero) is 1. The van der Waals surface area contributed by atoms with Gasteiger partial charge in [-0.25, -0.2) is 0 Å². The summed E-state index contributed by atoms with van der Waals surface area (Å²) in [6, 6.07) is 18.8. The Kier molecular flexibility index (Phi) is 7.47. The van der Waals surface area contributed by atoms with E-state index >= 15 is 0 Å². The van der Waals surface area contributed by atoms with Gasteiger partial charge >= 0.3 is 0 Å². The molecule has 0 bridgehead atoms. The maximum atomic E-state index is 13.6. The highest BCUT2D eigenvalue weighted by molar-refractivity contribution is 8.03. The van der Waals surface area contributed by atoms with Crippen LogP contribution in [0.2, 0.25) is 0 Å². The van der Waals surface area contributed by atoms with Crippen LogP contribution in [0.25, 0.3) is 0 Å². The van der Waals surface area contributed by atoms with E-state index in [-0.39, 0.29) is 17.4 Å². The largest absolute Gasteiger partial charge is 0.468 e. The standard InChI is InChI=1S/C29H27N3O3S/c1-17-13-18(2)27(19(3)14-17)32-28(34)25-20(4)31-29(22(15-30)26(25)24-11-8-12-35-24)36-16-23(33)21-9-6-5-7-10-21/h5-14,26,31H,16H2,1-4H3,(H,32,34)/t26-/m1/s1. The van der Waals surface area contributed by atoms with E-state index in [9.17, 15) is 14.9 Å². The fourth-order valence-electron chi connectivity index (χ4n) is 4.47. The summed E-state index contributed by atoms with van der Waals surface area (Å²) in [5.41, 5.74) is 5.74. The fourth-order valence-corrected chi connectivity index (χ4v) is 5.46. The molecule has 0 saturated heterocycles. The third kappa shape index (κ3) is 5.14. The molecule has 0 saturated carbocycles. The van der Waals surface area contributed by atoms with Gasteiger partial charge < -0.3 is 15.1 Å². The molecule has 36 heavy (non-hydrogen) atoms. The van der Waals surface area contributed by atoms with Crippen molar-refractivity contribution in [3.8, 4) is 6.07 Å². The zero-order chi connectivity index (χ0) is 25.8. The first kappa shape index (κ1) is 25.1. The SMILES string of the molecule is CC1=C(C(=O)Nc2c(C)cc(C)cc2C)[C@@H](c2ccco2)C(C#N)=C(SCC(=O)c2ccccc2)N1. The van der Waals surface area contributed by atoms with Gasteiger partial charge in [0.05, 0.1) is 40.2 Å². The lowest BCUT2D eigenvalue weighted by atomic mass is 9.85. The van der Waals surface area contributed by atoms with Crippen LogP contribution >= 0.6 is 11.8 Å². The smallest absolute Gasteiger partial charge is 0.254 e. The lowest BCUT2D eigenvalue weighted by molar-refractivity contribution is -0.113. The third-order valence-corrected chi connectivity index (χ3v) is 7.10. The minimum Gasteiger partial charge on any atom is -0.468 e. The first-order chi connectivity index (χ1) is 17.3. The molecule has 2 heterocycles. The molecule has 2 N–H and O–H groups in total. The Morgan fingerprint density at radius 3 is 2.36 bits per heavy atom. The van der Waals surface area contributed by atoms with Gasteiger partial charge in [-0.15, -0.1) is 0 Å². The zero-order valence-corrected chi connectivity index (χ0v) is 21.5. The average molecular weight is 498 g/mol. The van der Waals surface area contributed by atoms with Crippen LogP contribution in [0.3, 0.4) is 0 Å². The van der Waals surface area contributed by atoms with Gasteiger partial charge in [0.1, 0.15) is 5.76 Å². The van der Waals surface area contributed by atoms with Gasteiger partial charge in [0.15, 0.2) is 5.78 Å². The van der Waals surface area contributed by atoms with Crippen molar-refractivity contribution in [2.75, 3.05) is 11.1 Å². The number of rotatable bonds is 7. The van der Waals surface area contributed by atoms with Gasteiger partial charge in [0.25, 0.3) is 5.91 Å². The predicted molar refractivity (Wildman–Crippen MR) is 142 cm³/mol. The molecule has 1 amide bonds. The van der Waals surface area contributed by atoms with Crippen molar-refractivity contribution in [2.45, 2.75) is 33.6 Å². The first-order valence-electron chi connectivity index (χ1n) is 11.6. The maximum absolute atomic E-state index is 13.6. The van der Waals surface area contributed by atoms with Gasteiger partial charge in [0, 0.05) is 16.9 Å². The number of hydrogen-bond acceptors (Lipinski definition) is 6. The van der Waals surface area contributed by atoms with E-state index in [0.29, 0.717) is 33.2 Å². The topological polar surface area (TPSA) is 95.1 Å². The Morgan fingerprint density at radius 2 is 1.75 bits per heavy atom. The number of benzene rings is 2. The number of amides is 1. The Balaban J connectivity index is 1.67. The van der Waals surface area contributed by atoms with Gasteiger partial charge in [0.2, 0.25) is 0 Å². The number of ketones is 1. The number of thioether (sulfide) groups is 1. The maximum Gasteiger partial charge on any atom is 0.254 e. The summed E-state index contributed by atoms with van der Waals surface area (Å²) in [4.78, 5) is 26.3. The van der Waals surface area contributed by atoms with E-state index in [2.05, 4.69) is 16.7 Å². The summed E-state index contributed by atoms with van der Waals surface area (Å²) >= 11 is 1.25. The van der Waals surface area contributed by atoms with Crippen molar-refractivity contribution < 1.29 is 14.0 Å². The number of nitriles is 1. The van der Waals surface area contributed by atoms with Crippen LogP contribution in [0.5, 0.6) is 0 Å². The van der Waals surface area contributed by atoms with Crippen LogP contribution in [-0.4, -0.2) is 17.4 Å². The molecule has 4 rings (SSSR count). The molecule has 1 aromatic heterocycles. The molecule has 0 spiro atoms. The number of aryl methyl sites for hydroxylation is 3. The van der Waals surface area contributed by atoms with E-state index in [1.165, 1.54) is 18.0 Å². The van der Waals surface area contributed by atoms with Crippen LogP contribution in [0.15, 0.2) is 87.1 Å². The number of dihydropyridines is 1. The lowest BCUT2D eigenvalue weighted by Gasteiger charge is -2.28. The molecule has 1 aliphatic heterocycles. The molecule has 6 nitrogen and oxygen atoms in total. The van der Waals surface area contributed by atoms with Crippen LogP contribution in [-0.2, 0) is 4.79 Å². The lowest BCUT2D eigenvalue weighted by Crippen LogP contribution is -2.31. The van der Waals surface area contributed by atoms with Crippen LogP contribution in [0.4, 0.5) is 5.69 Å². The number of nitrogens with zero attached hydrogens (tertiary/aromatic N) is 1. The number of nitrogens with one attached hydrogen (secondary N) is 2. The Hall–Kier alpha value is -4.02. The summed E-state index contributed by atoms with van der Waals surface area (Å²) in [5.74, 6) is -0.418. The highest BCUT2D eigenvalue weighted by Gasteiger charge is 2.36. The highest BCUT2D eigenvalue weighted by atomic mass is 32.2. The molecule has 3 aromatic rings. The van der Waals surface area contributed by atoms with Crippen LogP contribution in [0, 0.1) is 32.1 Å². The summed E-state index contributed by atoms with van der Waals surface area (Å²) in [6.07, 6.45) is 1.53. The van der Waals surface area contributed by atoms with Crippen molar-refractivity contribution >= 4 is 29.1 Å². The molecule has 1 atom stereocenters. The van der Waals surface area contributed by atoms with Crippen LogP contribution in [0.1, 0.15) is 45.7 Å². The van der Waals surface area contributed by atoms with Crippen molar-refractivity contribution in [2.24, 2.45) is 0 Å². The highest BCUT2D eigenvalue weighted by Crippen LogP contribution is 2.41. The second kappa shape index (κ2) is 10.7. The molecule has 0 unspecified atom stereocenters. The second-order valence-electron chi connectivity index (χ2n) is 8.77. The molecule has 7 heteroatoms. The van der Waals surface area contributed by atoms with E-state index in [4.69, 9.17) is 4.42 Å². The quantitative estimate of drug-likeness (QED) is 0.380. The monoisotopic (exact) mass is 497 g/mol. The van der Waals surface area contributed by atoms with Crippen molar-refractivity contribution in [1.82, 2.24) is 5.32 Å². The van der Waals surface area contributed by atoms with Gasteiger partial charge in [-0.1, -0.05) is 59.8 Å². The van der Waals surface area contributed by atoms with Crippen molar-refractivity contribution in [3.05, 3.63) is 111 Å². The normalized spacial score (nSPS) is 15.4. The minimum absolute atomic E-state index is 0.0442. The van der Waals surface area contributed by atoms with Gasteiger partial charge in [-0.3, -0.25) is 9.59 Å². The number of furan rings is 1. The third-order valence-electron chi connectivity index (χ3n) is 6.08. The number of anilines is 1. The van der Waals surface area contributed by atoms with E-state index in [1.54, 1.807) is 31.2 Å². The number of carbonyl (C=O) groups excluding carboxylic acids is 2. The summed E-state index contributed by atoms with van der Waals surface area (Å²) in [5, 5.41) is 17.0. The van der Waals surface area contributed by atoms with Gasteiger partial charge in [-0.2, -0.15) is 5.26 Å². The minimum atomic E-state index is -0.702. The summed E-state index contributed by atoms with van der Waals surface area (Å²) < 4.78 is 5.69. The number of allylic oxidation sites excluding steroid dienone is 2. The molecule has 2 aromatic carbocycles. The van der Waals surface area contributed by atoms with Gasteiger partial charge in [-0.05, 0) is 51.0 Å². The summed E-state index contributed by atoms with van der Waals surface area (Å²) in [6.45, 7) is 7.73. The van der Waals surface area contributed by atoms with Crippen molar-refractivity contribution in [1.29, 1.82) is 5.26 Å². The van der Waals surface area contributed by atoms with Crippen LogP contribution < -0.4 is 10.6 Å². The fraction of sp³-hybridized carbons (Fsp3) is 0.207. The molecule has 0 aliphatic carbocycles. The molecular formula is C29H27N3O3S. The molecular weight excluding hydrogens is 470 g/mol. The Morgan fingerprint density at radius 1 is 1.06 bits per heavy atom. The Labute approximate surface area is 215 Å².